The van der Waals surface area contributed by atoms with Gasteiger partial charge in [-0.25, -0.2) is 4.79 Å². The van der Waals surface area contributed by atoms with Crippen LogP contribution < -0.4 is 5.32 Å². The van der Waals surface area contributed by atoms with Crippen molar-refractivity contribution < 1.29 is 19.1 Å². The van der Waals surface area contributed by atoms with Gasteiger partial charge in [0.05, 0.1) is 31.5 Å². The lowest BCUT2D eigenvalue weighted by Crippen LogP contribution is -2.53. The van der Waals surface area contributed by atoms with Crippen LogP contribution in [0.2, 0.25) is 0 Å². The zero-order chi connectivity index (χ0) is 19.9. The van der Waals surface area contributed by atoms with E-state index in [2.05, 4.69) is 23.2 Å². The number of hydrogen-bond acceptors (Lipinski definition) is 5. The Morgan fingerprint density at radius 1 is 1.36 bits per heavy atom. The SMILES string of the molecule is CC[C@H]1CN2CC[C@]3(C(=O)Nc4ccccc43)C2C[C@@H]1/C(=C\OC)C(=O)OC. The molecule has 4 rings (SSSR count). The van der Waals surface area contributed by atoms with Crippen LogP contribution >= 0.6 is 0 Å². The first-order valence-electron chi connectivity index (χ1n) is 10.0. The van der Waals surface area contributed by atoms with Crippen molar-refractivity contribution in [2.45, 2.75) is 37.6 Å². The van der Waals surface area contributed by atoms with Crippen molar-refractivity contribution in [1.29, 1.82) is 0 Å². The molecule has 1 amide bonds. The third-order valence-corrected chi connectivity index (χ3v) is 6.97. The number of rotatable bonds is 4. The average molecular weight is 384 g/mol. The summed E-state index contributed by atoms with van der Waals surface area (Å²) in [7, 11) is 2.95. The lowest BCUT2D eigenvalue weighted by Gasteiger charge is -2.45. The number of hydrogen-bond donors (Lipinski definition) is 1. The van der Waals surface area contributed by atoms with Crippen molar-refractivity contribution >= 4 is 17.6 Å². The summed E-state index contributed by atoms with van der Waals surface area (Å²) in [4.78, 5) is 28.1. The van der Waals surface area contributed by atoms with E-state index in [4.69, 9.17) is 9.47 Å². The normalized spacial score (nSPS) is 32.0. The van der Waals surface area contributed by atoms with Gasteiger partial charge < -0.3 is 14.8 Å². The minimum atomic E-state index is -0.540. The van der Waals surface area contributed by atoms with E-state index in [1.807, 2.05) is 18.2 Å². The number of methoxy groups -OCH3 is 2. The van der Waals surface area contributed by atoms with Crippen LogP contribution in [0.4, 0.5) is 5.69 Å². The molecule has 2 fully saturated rings. The molecule has 1 unspecified atom stereocenters. The van der Waals surface area contributed by atoms with Crippen molar-refractivity contribution in [1.82, 2.24) is 4.90 Å². The van der Waals surface area contributed by atoms with Crippen LogP contribution in [0.25, 0.3) is 0 Å². The number of benzene rings is 1. The maximum atomic E-state index is 13.2. The molecule has 0 bridgehead atoms. The number of anilines is 1. The van der Waals surface area contributed by atoms with Gasteiger partial charge in [0.15, 0.2) is 0 Å². The Labute approximate surface area is 165 Å². The summed E-state index contributed by atoms with van der Waals surface area (Å²) >= 11 is 0. The number of ether oxygens (including phenoxy) is 2. The molecule has 0 aliphatic carbocycles. The maximum Gasteiger partial charge on any atom is 0.337 e. The highest BCUT2D eigenvalue weighted by Gasteiger charge is 2.60. The fraction of sp³-hybridized carbons (Fsp3) is 0.545. The molecule has 6 heteroatoms. The third kappa shape index (κ3) is 2.65. The van der Waals surface area contributed by atoms with Crippen molar-refractivity contribution in [3.63, 3.8) is 0 Å². The van der Waals surface area contributed by atoms with E-state index >= 15 is 0 Å². The molecule has 2 saturated heterocycles. The summed E-state index contributed by atoms with van der Waals surface area (Å²) in [6.45, 7) is 3.93. The summed E-state index contributed by atoms with van der Waals surface area (Å²) in [5.41, 5.74) is 2.05. The first-order valence-corrected chi connectivity index (χ1v) is 10.0. The summed E-state index contributed by atoms with van der Waals surface area (Å²) in [5, 5.41) is 3.10. The Balaban J connectivity index is 1.74. The molecule has 150 valence electrons. The molecule has 4 atom stereocenters. The Morgan fingerprint density at radius 3 is 2.86 bits per heavy atom. The quantitative estimate of drug-likeness (QED) is 0.491. The van der Waals surface area contributed by atoms with Gasteiger partial charge in [-0.15, -0.1) is 0 Å². The van der Waals surface area contributed by atoms with Gasteiger partial charge in [0, 0.05) is 18.3 Å². The second-order valence-electron chi connectivity index (χ2n) is 8.04. The minimum Gasteiger partial charge on any atom is -0.504 e. The van der Waals surface area contributed by atoms with E-state index in [0.717, 1.165) is 43.6 Å². The third-order valence-electron chi connectivity index (χ3n) is 6.97. The van der Waals surface area contributed by atoms with E-state index in [-0.39, 0.29) is 23.8 Å². The fourth-order valence-electron chi connectivity index (χ4n) is 5.63. The summed E-state index contributed by atoms with van der Waals surface area (Å²) in [5.74, 6) is 0.0769. The number of esters is 1. The molecule has 1 aromatic carbocycles. The molecule has 6 nitrogen and oxygen atoms in total. The Morgan fingerprint density at radius 2 is 2.14 bits per heavy atom. The minimum absolute atomic E-state index is 0.00851. The molecule has 3 heterocycles. The van der Waals surface area contributed by atoms with Crippen LogP contribution in [-0.4, -0.2) is 50.1 Å². The van der Waals surface area contributed by atoms with E-state index in [1.165, 1.54) is 13.4 Å². The van der Waals surface area contributed by atoms with Gasteiger partial charge in [0.25, 0.3) is 0 Å². The second kappa shape index (κ2) is 7.24. The fourth-order valence-corrected chi connectivity index (χ4v) is 5.63. The van der Waals surface area contributed by atoms with Gasteiger partial charge in [-0.1, -0.05) is 31.5 Å². The van der Waals surface area contributed by atoms with Crippen LogP contribution in [0.5, 0.6) is 0 Å². The summed E-state index contributed by atoms with van der Waals surface area (Å²) in [6, 6.07) is 8.07. The van der Waals surface area contributed by atoms with Gasteiger partial charge in [0.2, 0.25) is 5.91 Å². The second-order valence-corrected chi connectivity index (χ2v) is 8.04. The molecule has 1 N–H and O–H groups in total. The molecule has 1 spiro atoms. The highest BCUT2D eigenvalue weighted by Crippen LogP contribution is 2.53. The zero-order valence-electron chi connectivity index (χ0n) is 16.7. The first kappa shape index (κ1) is 19.0. The lowest BCUT2D eigenvalue weighted by atomic mass is 9.67. The van der Waals surface area contributed by atoms with Gasteiger partial charge in [-0.05, 0) is 42.9 Å². The maximum absolute atomic E-state index is 13.2. The average Bonchev–Trinajstić information content (AvgIpc) is 3.23. The van der Waals surface area contributed by atoms with E-state index in [1.54, 1.807) is 7.11 Å². The van der Waals surface area contributed by atoms with Crippen LogP contribution in [0, 0.1) is 11.8 Å². The van der Waals surface area contributed by atoms with E-state index < -0.39 is 5.41 Å². The van der Waals surface area contributed by atoms with Crippen molar-refractivity contribution in [2.75, 3.05) is 32.6 Å². The van der Waals surface area contributed by atoms with Gasteiger partial charge >= 0.3 is 5.97 Å². The van der Waals surface area contributed by atoms with Crippen LogP contribution in [0.15, 0.2) is 36.1 Å². The summed E-state index contributed by atoms with van der Waals surface area (Å²) < 4.78 is 10.3. The van der Waals surface area contributed by atoms with E-state index in [9.17, 15) is 9.59 Å². The highest BCUT2D eigenvalue weighted by atomic mass is 16.5. The van der Waals surface area contributed by atoms with Gasteiger partial charge in [0.1, 0.15) is 0 Å². The molecule has 3 aliphatic heterocycles. The lowest BCUT2D eigenvalue weighted by molar-refractivity contribution is -0.137. The molecule has 28 heavy (non-hydrogen) atoms. The van der Waals surface area contributed by atoms with Gasteiger partial charge in [-0.3, -0.25) is 9.69 Å². The summed E-state index contributed by atoms with van der Waals surface area (Å²) in [6.07, 6.45) is 4.04. The smallest absolute Gasteiger partial charge is 0.337 e. The highest BCUT2D eigenvalue weighted by molar-refractivity contribution is 6.07. The number of para-hydroxylation sites is 1. The van der Waals surface area contributed by atoms with Gasteiger partial charge in [-0.2, -0.15) is 0 Å². The largest absolute Gasteiger partial charge is 0.504 e. The number of piperidine rings is 1. The Hall–Kier alpha value is -2.34. The molecule has 0 radical (unpaired) electrons. The number of carbonyl (C=O) groups is 2. The van der Waals surface area contributed by atoms with E-state index in [0.29, 0.717) is 11.5 Å². The topological polar surface area (TPSA) is 67.9 Å². The van der Waals surface area contributed by atoms with Crippen molar-refractivity contribution in [3.8, 4) is 0 Å². The number of fused-ring (bicyclic) bond motifs is 4. The molecular formula is C22H28N2O4. The molecule has 0 saturated carbocycles. The number of amides is 1. The van der Waals surface area contributed by atoms with Crippen molar-refractivity contribution in [2.24, 2.45) is 11.8 Å². The predicted octanol–water partition coefficient (Wildman–Crippen LogP) is 2.70. The Kier molecular flexibility index (Phi) is 4.91. The molecule has 1 aromatic rings. The van der Waals surface area contributed by atoms with Crippen LogP contribution in [-0.2, 0) is 24.5 Å². The first-order chi connectivity index (χ1) is 13.6. The molecule has 3 aliphatic rings. The number of nitrogens with zero attached hydrogens (tertiary/aromatic N) is 1. The molecule has 0 aromatic heterocycles. The van der Waals surface area contributed by atoms with Crippen molar-refractivity contribution in [3.05, 3.63) is 41.7 Å². The number of carbonyl (C=O) groups excluding carboxylic acids is 2. The number of nitrogens with one attached hydrogen (secondary N) is 1. The monoisotopic (exact) mass is 384 g/mol. The van der Waals surface area contributed by atoms with Crippen LogP contribution in [0.3, 0.4) is 0 Å². The zero-order valence-corrected chi connectivity index (χ0v) is 16.7. The standard InChI is InChI=1S/C22H28N2O4/c1-4-14-12-24-10-9-22(17-7-5-6-8-18(17)23-21(22)26)19(24)11-15(14)16(13-27-2)20(25)28-3/h5-8,13-15,19H,4,9-12H2,1-3H3,(H,23,26)/b16-13+/t14-,15-,19?,22+/m0/s1. The molecular weight excluding hydrogens is 356 g/mol. The predicted molar refractivity (Wildman–Crippen MR) is 106 cm³/mol. The Bertz CT molecular complexity index is 821. The van der Waals surface area contributed by atoms with Crippen LogP contribution in [0.1, 0.15) is 31.7 Å².